The second-order valence-electron chi connectivity index (χ2n) is 5.00. The summed E-state index contributed by atoms with van der Waals surface area (Å²) in [5.41, 5.74) is 0. The highest BCUT2D eigenvalue weighted by atomic mass is 16.5. The first-order valence-corrected chi connectivity index (χ1v) is 6.83. The molecule has 0 bridgehead atoms. The lowest BCUT2D eigenvalue weighted by Gasteiger charge is -2.23. The van der Waals surface area contributed by atoms with Crippen molar-refractivity contribution in [1.82, 2.24) is 10.6 Å². The highest BCUT2D eigenvalue weighted by Gasteiger charge is 2.17. The molecule has 19 heavy (non-hydrogen) atoms. The maximum absolute atomic E-state index is 11.8. The molecule has 1 fully saturated rings. The van der Waals surface area contributed by atoms with Crippen LogP contribution < -0.4 is 10.6 Å². The molecule has 5 nitrogen and oxygen atoms in total. The number of ether oxygens (including phenoxy) is 1. The van der Waals surface area contributed by atoms with Crippen LogP contribution in [0.5, 0.6) is 0 Å². The topological polar surface area (TPSA) is 63.5 Å². The Morgan fingerprint density at radius 2 is 2.26 bits per heavy atom. The molecule has 106 valence electrons. The van der Waals surface area contributed by atoms with E-state index in [1.165, 1.54) is 0 Å². The number of rotatable bonds is 5. The maximum atomic E-state index is 11.8. The number of carbonyl (C=O) groups excluding carboxylic acids is 1. The molecule has 0 radical (unpaired) electrons. The first-order chi connectivity index (χ1) is 9.15. The number of amides is 1. The lowest BCUT2D eigenvalue weighted by atomic mass is 10.1. The van der Waals surface area contributed by atoms with Gasteiger partial charge in [0, 0.05) is 0 Å². The van der Waals surface area contributed by atoms with E-state index in [4.69, 9.17) is 9.15 Å². The van der Waals surface area contributed by atoms with E-state index in [9.17, 15) is 4.79 Å². The van der Waals surface area contributed by atoms with E-state index in [2.05, 4.69) is 10.6 Å². The van der Waals surface area contributed by atoms with E-state index in [-0.39, 0.29) is 24.7 Å². The van der Waals surface area contributed by atoms with Gasteiger partial charge >= 0.3 is 0 Å². The zero-order chi connectivity index (χ0) is 13.7. The molecule has 1 aromatic heterocycles. The smallest absolute Gasteiger partial charge is 0.246 e. The summed E-state index contributed by atoms with van der Waals surface area (Å²) in [5, 5.41) is 6.14. The standard InChI is InChI=1S/C14H22N2O3/c1-10-3-4-13(19-10)11(2)16-14(17)9-18-12-5-7-15-8-6-12/h3-4,11-12,15H,5-9H2,1-2H3,(H,16,17). The average Bonchev–Trinajstić information content (AvgIpc) is 2.84. The summed E-state index contributed by atoms with van der Waals surface area (Å²) in [5.74, 6) is 1.52. The molecule has 5 heteroatoms. The van der Waals surface area contributed by atoms with E-state index in [1.807, 2.05) is 26.0 Å². The van der Waals surface area contributed by atoms with Crippen molar-refractivity contribution in [2.45, 2.75) is 38.8 Å². The van der Waals surface area contributed by atoms with Gasteiger partial charge in [0.25, 0.3) is 0 Å². The maximum Gasteiger partial charge on any atom is 0.246 e. The Balaban J connectivity index is 1.71. The summed E-state index contributed by atoms with van der Waals surface area (Å²) >= 11 is 0. The number of furan rings is 1. The molecule has 2 heterocycles. The SMILES string of the molecule is Cc1ccc(C(C)NC(=O)COC2CCNCC2)o1. The summed E-state index contributed by atoms with van der Waals surface area (Å²) < 4.78 is 11.1. The van der Waals surface area contributed by atoms with Crippen molar-refractivity contribution >= 4 is 5.91 Å². The molecule has 0 aliphatic carbocycles. The minimum Gasteiger partial charge on any atom is -0.464 e. The highest BCUT2D eigenvalue weighted by Crippen LogP contribution is 2.15. The van der Waals surface area contributed by atoms with Crippen LogP contribution in [0.2, 0.25) is 0 Å². The molecular weight excluding hydrogens is 244 g/mol. The third-order valence-corrected chi connectivity index (χ3v) is 3.30. The second kappa shape index (κ2) is 6.73. The van der Waals surface area contributed by atoms with Gasteiger partial charge in [-0.2, -0.15) is 0 Å². The van der Waals surface area contributed by atoms with E-state index < -0.39 is 0 Å². The normalized spacial score (nSPS) is 18.2. The van der Waals surface area contributed by atoms with E-state index >= 15 is 0 Å². The van der Waals surface area contributed by atoms with Crippen LogP contribution in [0.15, 0.2) is 16.5 Å². The minimum atomic E-state index is -0.127. The van der Waals surface area contributed by atoms with Crippen LogP contribution >= 0.6 is 0 Å². The molecule has 1 aromatic rings. The zero-order valence-corrected chi connectivity index (χ0v) is 11.6. The third-order valence-electron chi connectivity index (χ3n) is 3.30. The van der Waals surface area contributed by atoms with Crippen molar-refractivity contribution in [2.24, 2.45) is 0 Å². The van der Waals surface area contributed by atoms with Crippen LogP contribution in [0.25, 0.3) is 0 Å². The number of hydrogen-bond acceptors (Lipinski definition) is 4. The van der Waals surface area contributed by atoms with Crippen LogP contribution in [0.3, 0.4) is 0 Å². The van der Waals surface area contributed by atoms with Crippen LogP contribution in [0.4, 0.5) is 0 Å². The molecule has 1 amide bonds. The van der Waals surface area contributed by atoms with Gasteiger partial charge < -0.3 is 19.8 Å². The Morgan fingerprint density at radius 1 is 1.53 bits per heavy atom. The number of carbonyl (C=O) groups is 1. The summed E-state index contributed by atoms with van der Waals surface area (Å²) in [7, 11) is 0. The highest BCUT2D eigenvalue weighted by molar-refractivity contribution is 5.77. The fraction of sp³-hybridized carbons (Fsp3) is 0.643. The summed E-state index contributed by atoms with van der Waals surface area (Å²) in [4.78, 5) is 11.8. The van der Waals surface area contributed by atoms with Gasteiger partial charge in [0.2, 0.25) is 5.91 Å². The fourth-order valence-corrected chi connectivity index (χ4v) is 2.20. The van der Waals surface area contributed by atoms with Gasteiger partial charge in [-0.05, 0) is 51.9 Å². The summed E-state index contributed by atoms with van der Waals surface area (Å²) in [6, 6.07) is 3.65. The first kappa shape index (κ1) is 14.1. The zero-order valence-electron chi connectivity index (χ0n) is 11.6. The van der Waals surface area contributed by atoms with E-state index in [1.54, 1.807) is 0 Å². The van der Waals surface area contributed by atoms with Crippen molar-refractivity contribution in [2.75, 3.05) is 19.7 Å². The van der Waals surface area contributed by atoms with Gasteiger partial charge in [0.05, 0.1) is 12.1 Å². The molecule has 1 aliphatic rings. The number of aryl methyl sites for hydroxylation is 1. The van der Waals surface area contributed by atoms with Crippen molar-refractivity contribution < 1.29 is 13.9 Å². The van der Waals surface area contributed by atoms with Crippen molar-refractivity contribution in [1.29, 1.82) is 0 Å². The van der Waals surface area contributed by atoms with Gasteiger partial charge in [-0.1, -0.05) is 0 Å². The first-order valence-electron chi connectivity index (χ1n) is 6.83. The lowest BCUT2D eigenvalue weighted by Crippen LogP contribution is -2.36. The molecule has 0 aromatic carbocycles. The second-order valence-corrected chi connectivity index (χ2v) is 5.00. The van der Waals surface area contributed by atoms with Gasteiger partial charge in [-0.15, -0.1) is 0 Å². The predicted octanol–water partition coefficient (Wildman–Crippen LogP) is 1.53. The molecule has 1 unspecified atom stereocenters. The van der Waals surface area contributed by atoms with E-state index in [0.717, 1.165) is 37.5 Å². The minimum absolute atomic E-state index is 0.0971. The van der Waals surface area contributed by atoms with Crippen molar-refractivity contribution in [3.05, 3.63) is 23.7 Å². The molecule has 0 spiro atoms. The van der Waals surface area contributed by atoms with Crippen molar-refractivity contribution in [3.63, 3.8) is 0 Å². The molecule has 1 atom stereocenters. The predicted molar refractivity (Wildman–Crippen MR) is 71.8 cm³/mol. The van der Waals surface area contributed by atoms with Crippen LogP contribution in [-0.4, -0.2) is 31.7 Å². The molecule has 0 saturated carbocycles. The monoisotopic (exact) mass is 266 g/mol. The van der Waals surface area contributed by atoms with Crippen LogP contribution in [0, 0.1) is 6.92 Å². The van der Waals surface area contributed by atoms with Gasteiger partial charge in [-0.3, -0.25) is 4.79 Å². The number of nitrogens with one attached hydrogen (secondary N) is 2. The van der Waals surface area contributed by atoms with Crippen LogP contribution in [0.1, 0.15) is 37.3 Å². The fourth-order valence-electron chi connectivity index (χ4n) is 2.20. The third kappa shape index (κ3) is 4.36. The number of piperidine rings is 1. The van der Waals surface area contributed by atoms with E-state index in [0.29, 0.717) is 0 Å². The molecule has 2 N–H and O–H groups in total. The lowest BCUT2D eigenvalue weighted by molar-refractivity contribution is -0.129. The number of hydrogen-bond donors (Lipinski definition) is 2. The van der Waals surface area contributed by atoms with Crippen molar-refractivity contribution in [3.8, 4) is 0 Å². The summed E-state index contributed by atoms with van der Waals surface area (Å²) in [6.07, 6.45) is 2.15. The summed E-state index contributed by atoms with van der Waals surface area (Å²) in [6.45, 7) is 5.84. The Kier molecular flexibility index (Phi) is 4.99. The molecular formula is C14H22N2O3. The average molecular weight is 266 g/mol. The van der Waals surface area contributed by atoms with Crippen LogP contribution in [-0.2, 0) is 9.53 Å². The molecule has 1 saturated heterocycles. The Morgan fingerprint density at radius 3 is 2.89 bits per heavy atom. The quantitative estimate of drug-likeness (QED) is 0.848. The Bertz CT molecular complexity index is 411. The van der Waals surface area contributed by atoms with Gasteiger partial charge in [0.15, 0.2) is 0 Å². The largest absolute Gasteiger partial charge is 0.464 e. The Hall–Kier alpha value is -1.33. The molecule has 2 rings (SSSR count). The van der Waals surface area contributed by atoms with Gasteiger partial charge in [0.1, 0.15) is 18.1 Å². The van der Waals surface area contributed by atoms with Gasteiger partial charge in [-0.25, -0.2) is 0 Å². The Labute approximate surface area is 113 Å². The molecule has 1 aliphatic heterocycles.